The fourth-order valence-corrected chi connectivity index (χ4v) is 1.76. The Morgan fingerprint density at radius 1 is 1.33 bits per heavy atom. The van der Waals surface area contributed by atoms with Gasteiger partial charge in [-0.3, -0.25) is 0 Å². The second-order valence-electron chi connectivity index (χ2n) is 4.32. The molecule has 1 rings (SSSR count). The van der Waals surface area contributed by atoms with Crippen molar-refractivity contribution < 1.29 is 9.53 Å². The Kier molecular flexibility index (Phi) is 5.49. The lowest BCUT2D eigenvalue weighted by Crippen LogP contribution is -2.37. The van der Waals surface area contributed by atoms with Crippen molar-refractivity contribution in [2.45, 2.75) is 39.7 Å². The molecule has 0 aliphatic heterocycles. The molecule has 0 aliphatic rings. The molecule has 0 radical (unpaired) electrons. The Bertz CT molecular complexity index is 401. The number of ether oxygens (including phenoxy) is 1. The molecule has 0 saturated carbocycles. The molecule has 1 aromatic carbocycles. The van der Waals surface area contributed by atoms with Crippen LogP contribution in [-0.2, 0) is 0 Å². The van der Waals surface area contributed by atoms with E-state index in [0.717, 1.165) is 18.4 Å². The number of nitrogens with one attached hydrogen (secondary N) is 2. The van der Waals surface area contributed by atoms with Gasteiger partial charge in [-0.25, -0.2) is 4.79 Å². The van der Waals surface area contributed by atoms with Crippen molar-refractivity contribution in [3.63, 3.8) is 0 Å². The third kappa shape index (κ3) is 3.95. The average molecular weight is 250 g/mol. The summed E-state index contributed by atoms with van der Waals surface area (Å²) in [6.45, 7) is 6.09. The number of urea groups is 1. The number of amides is 2. The lowest BCUT2D eigenvalue weighted by atomic mass is 10.2. The highest BCUT2D eigenvalue weighted by Gasteiger charge is 2.10. The average Bonchev–Trinajstić information content (AvgIpc) is 2.36. The van der Waals surface area contributed by atoms with E-state index in [2.05, 4.69) is 24.5 Å². The highest BCUT2D eigenvalue weighted by molar-refractivity contribution is 5.91. The summed E-state index contributed by atoms with van der Waals surface area (Å²) in [5.41, 5.74) is 1.77. The Morgan fingerprint density at radius 3 is 2.56 bits per heavy atom. The number of rotatable bonds is 5. The van der Waals surface area contributed by atoms with Crippen LogP contribution >= 0.6 is 0 Å². The molecule has 0 spiro atoms. The molecule has 1 aromatic rings. The molecule has 0 heterocycles. The molecule has 0 aromatic heterocycles. The van der Waals surface area contributed by atoms with Gasteiger partial charge in [-0.05, 0) is 37.5 Å². The summed E-state index contributed by atoms with van der Waals surface area (Å²) in [4.78, 5) is 11.8. The van der Waals surface area contributed by atoms with E-state index >= 15 is 0 Å². The van der Waals surface area contributed by atoms with Crippen LogP contribution in [0, 0.1) is 6.92 Å². The number of anilines is 1. The molecule has 0 bridgehead atoms. The minimum absolute atomic E-state index is 0.187. The van der Waals surface area contributed by atoms with Crippen LogP contribution in [0.5, 0.6) is 5.75 Å². The number of hydrogen-bond acceptors (Lipinski definition) is 2. The Morgan fingerprint density at radius 2 is 2.00 bits per heavy atom. The van der Waals surface area contributed by atoms with Crippen LogP contribution in [-0.4, -0.2) is 19.2 Å². The third-order valence-corrected chi connectivity index (χ3v) is 2.92. The zero-order valence-corrected chi connectivity index (χ0v) is 11.5. The SMILES string of the molecule is CCC(CC)NC(=O)Nc1cc(C)ccc1OC. The van der Waals surface area contributed by atoms with Crippen LogP contribution in [0.4, 0.5) is 10.5 Å². The molecule has 0 fully saturated rings. The molecule has 0 aliphatic carbocycles. The number of benzene rings is 1. The van der Waals surface area contributed by atoms with Crippen molar-refractivity contribution in [2.75, 3.05) is 12.4 Å². The first-order valence-corrected chi connectivity index (χ1v) is 6.32. The van der Waals surface area contributed by atoms with Gasteiger partial charge in [0.15, 0.2) is 0 Å². The number of aryl methyl sites for hydroxylation is 1. The molecular formula is C14H22N2O2. The zero-order valence-electron chi connectivity index (χ0n) is 11.5. The van der Waals surface area contributed by atoms with Gasteiger partial charge in [0.1, 0.15) is 5.75 Å². The van der Waals surface area contributed by atoms with Crippen LogP contribution in [0.25, 0.3) is 0 Å². The molecule has 0 unspecified atom stereocenters. The van der Waals surface area contributed by atoms with E-state index in [9.17, 15) is 4.79 Å². The maximum Gasteiger partial charge on any atom is 0.319 e. The van der Waals surface area contributed by atoms with Gasteiger partial charge >= 0.3 is 6.03 Å². The zero-order chi connectivity index (χ0) is 13.5. The van der Waals surface area contributed by atoms with Crippen LogP contribution in [0.15, 0.2) is 18.2 Å². The Hall–Kier alpha value is -1.71. The molecule has 4 nitrogen and oxygen atoms in total. The van der Waals surface area contributed by atoms with Gasteiger partial charge in [0.25, 0.3) is 0 Å². The normalized spacial score (nSPS) is 10.3. The summed E-state index contributed by atoms with van der Waals surface area (Å²) in [7, 11) is 1.59. The summed E-state index contributed by atoms with van der Waals surface area (Å²) in [5.74, 6) is 0.667. The van der Waals surface area contributed by atoms with E-state index < -0.39 is 0 Å². The largest absolute Gasteiger partial charge is 0.495 e. The molecule has 4 heteroatoms. The van der Waals surface area contributed by atoms with E-state index in [0.29, 0.717) is 11.4 Å². The molecule has 2 N–H and O–H groups in total. The lowest BCUT2D eigenvalue weighted by molar-refractivity contribution is 0.247. The van der Waals surface area contributed by atoms with E-state index in [-0.39, 0.29) is 12.1 Å². The first-order valence-electron chi connectivity index (χ1n) is 6.32. The van der Waals surface area contributed by atoms with Gasteiger partial charge < -0.3 is 15.4 Å². The second-order valence-corrected chi connectivity index (χ2v) is 4.32. The predicted octanol–water partition coefficient (Wildman–Crippen LogP) is 3.31. The fraction of sp³-hybridized carbons (Fsp3) is 0.500. The van der Waals surface area contributed by atoms with E-state index in [1.807, 2.05) is 25.1 Å². The standard InChI is InChI=1S/C14H22N2O2/c1-5-11(6-2)15-14(17)16-12-9-10(3)7-8-13(12)18-4/h7-9,11H,5-6H2,1-4H3,(H2,15,16,17). The summed E-state index contributed by atoms with van der Waals surface area (Å²) < 4.78 is 5.22. The van der Waals surface area contributed by atoms with Gasteiger partial charge in [0.2, 0.25) is 0 Å². The summed E-state index contributed by atoms with van der Waals surface area (Å²) in [5, 5.41) is 5.76. The summed E-state index contributed by atoms with van der Waals surface area (Å²) >= 11 is 0. The lowest BCUT2D eigenvalue weighted by Gasteiger charge is -2.16. The van der Waals surface area contributed by atoms with Crippen molar-refractivity contribution >= 4 is 11.7 Å². The molecule has 18 heavy (non-hydrogen) atoms. The smallest absolute Gasteiger partial charge is 0.319 e. The highest BCUT2D eigenvalue weighted by atomic mass is 16.5. The highest BCUT2D eigenvalue weighted by Crippen LogP contribution is 2.24. The van der Waals surface area contributed by atoms with Crippen LogP contribution in [0.2, 0.25) is 0 Å². The monoisotopic (exact) mass is 250 g/mol. The van der Waals surface area contributed by atoms with Crippen LogP contribution in [0.1, 0.15) is 32.3 Å². The van der Waals surface area contributed by atoms with Gasteiger partial charge in [-0.15, -0.1) is 0 Å². The van der Waals surface area contributed by atoms with Crippen molar-refractivity contribution in [3.8, 4) is 5.75 Å². The number of methoxy groups -OCH3 is 1. The van der Waals surface area contributed by atoms with Gasteiger partial charge in [0, 0.05) is 6.04 Å². The van der Waals surface area contributed by atoms with E-state index in [1.165, 1.54) is 0 Å². The Balaban J connectivity index is 2.71. The Labute approximate surface area is 109 Å². The maximum absolute atomic E-state index is 11.8. The molecule has 0 atom stereocenters. The van der Waals surface area contributed by atoms with Crippen molar-refractivity contribution in [2.24, 2.45) is 0 Å². The minimum atomic E-state index is -0.187. The van der Waals surface area contributed by atoms with Crippen LogP contribution < -0.4 is 15.4 Å². The first-order chi connectivity index (χ1) is 8.60. The van der Waals surface area contributed by atoms with E-state index in [1.54, 1.807) is 7.11 Å². The number of carbonyl (C=O) groups is 1. The maximum atomic E-state index is 11.8. The molecule has 100 valence electrons. The number of carbonyl (C=O) groups excluding carboxylic acids is 1. The second kappa shape index (κ2) is 6.89. The van der Waals surface area contributed by atoms with Crippen LogP contribution in [0.3, 0.4) is 0 Å². The molecule has 0 saturated heterocycles. The number of hydrogen-bond donors (Lipinski definition) is 2. The quantitative estimate of drug-likeness (QED) is 0.842. The van der Waals surface area contributed by atoms with Gasteiger partial charge in [0.05, 0.1) is 12.8 Å². The van der Waals surface area contributed by atoms with Crippen molar-refractivity contribution in [1.82, 2.24) is 5.32 Å². The summed E-state index contributed by atoms with van der Waals surface area (Å²) in [6.07, 6.45) is 1.85. The first kappa shape index (κ1) is 14.4. The minimum Gasteiger partial charge on any atom is -0.495 e. The van der Waals surface area contributed by atoms with E-state index in [4.69, 9.17) is 4.74 Å². The van der Waals surface area contributed by atoms with Gasteiger partial charge in [-0.1, -0.05) is 19.9 Å². The third-order valence-electron chi connectivity index (χ3n) is 2.92. The fourth-order valence-electron chi connectivity index (χ4n) is 1.76. The topological polar surface area (TPSA) is 50.4 Å². The molecule has 2 amide bonds. The molecular weight excluding hydrogens is 228 g/mol. The summed E-state index contributed by atoms with van der Waals surface area (Å²) in [6, 6.07) is 5.71. The van der Waals surface area contributed by atoms with Crippen molar-refractivity contribution in [3.05, 3.63) is 23.8 Å². The van der Waals surface area contributed by atoms with Crippen molar-refractivity contribution in [1.29, 1.82) is 0 Å². The predicted molar refractivity (Wildman–Crippen MR) is 74.3 cm³/mol. The van der Waals surface area contributed by atoms with Gasteiger partial charge in [-0.2, -0.15) is 0 Å².